The summed E-state index contributed by atoms with van der Waals surface area (Å²) in [5.41, 5.74) is 1.52. The van der Waals surface area contributed by atoms with Gasteiger partial charge in [-0.15, -0.1) is 11.3 Å². The van der Waals surface area contributed by atoms with Crippen LogP contribution in [-0.4, -0.2) is 5.97 Å². The first-order valence-electron chi connectivity index (χ1n) is 4.91. The Morgan fingerprint density at radius 1 is 1.06 bits per heavy atom. The van der Waals surface area contributed by atoms with Gasteiger partial charge < -0.3 is 4.74 Å². The van der Waals surface area contributed by atoms with Crippen LogP contribution in [0.25, 0.3) is 11.8 Å². The number of fused-ring (bicyclic) bond motifs is 1. The Hall–Kier alpha value is -1.87. The summed E-state index contributed by atoms with van der Waals surface area (Å²) < 4.78 is 5.23. The Morgan fingerprint density at radius 2 is 1.88 bits per heavy atom. The van der Waals surface area contributed by atoms with Crippen LogP contribution in [0.1, 0.15) is 20.8 Å². The van der Waals surface area contributed by atoms with E-state index in [-0.39, 0.29) is 5.97 Å². The van der Waals surface area contributed by atoms with Crippen molar-refractivity contribution in [1.29, 1.82) is 0 Å². The molecule has 1 aliphatic heterocycles. The standard InChI is InChI=1S/C13H8O2S/c14-13-11-6-2-1-5-10(11)12(15-13)8-9-4-3-7-16-9/h1-8H/b12-8+. The lowest BCUT2D eigenvalue weighted by Gasteiger charge is -1.96. The van der Waals surface area contributed by atoms with Crippen molar-refractivity contribution in [3.8, 4) is 0 Å². The van der Waals surface area contributed by atoms with E-state index in [1.807, 2.05) is 41.8 Å². The fourth-order valence-electron chi connectivity index (χ4n) is 1.70. The third-order valence-electron chi connectivity index (χ3n) is 2.43. The van der Waals surface area contributed by atoms with Gasteiger partial charge in [0.1, 0.15) is 5.76 Å². The summed E-state index contributed by atoms with van der Waals surface area (Å²) in [5, 5.41) is 2.00. The minimum Gasteiger partial charge on any atom is -0.422 e. The number of benzene rings is 1. The van der Waals surface area contributed by atoms with Crippen molar-refractivity contribution in [2.24, 2.45) is 0 Å². The smallest absolute Gasteiger partial charge is 0.344 e. The van der Waals surface area contributed by atoms with Gasteiger partial charge in [0, 0.05) is 10.4 Å². The molecule has 78 valence electrons. The number of carbonyl (C=O) groups excluding carboxylic acids is 1. The van der Waals surface area contributed by atoms with Gasteiger partial charge in [-0.3, -0.25) is 0 Å². The van der Waals surface area contributed by atoms with Crippen molar-refractivity contribution in [1.82, 2.24) is 0 Å². The average Bonchev–Trinajstić information content (AvgIpc) is 2.90. The lowest BCUT2D eigenvalue weighted by molar-refractivity contribution is 0.0717. The number of thiophene rings is 1. The summed E-state index contributed by atoms with van der Waals surface area (Å²) in [6.45, 7) is 0. The summed E-state index contributed by atoms with van der Waals surface area (Å²) in [6.07, 6.45) is 1.90. The number of ether oxygens (including phenoxy) is 1. The van der Waals surface area contributed by atoms with Gasteiger partial charge in [-0.05, 0) is 23.6 Å². The van der Waals surface area contributed by atoms with Crippen molar-refractivity contribution in [2.75, 3.05) is 0 Å². The highest BCUT2D eigenvalue weighted by atomic mass is 32.1. The van der Waals surface area contributed by atoms with Crippen LogP contribution >= 0.6 is 11.3 Å². The van der Waals surface area contributed by atoms with E-state index in [0.29, 0.717) is 11.3 Å². The molecule has 0 unspecified atom stereocenters. The Kier molecular flexibility index (Phi) is 2.11. The fourth-order valence-corrected chi connectivity index (χ4v) is 2.34. The number of hydrogen-bond acceptors (Lipinski definition) is 3. The molecule has 0 atom stereocenters. The van der Waals surface area contributed by atoms with Crippen LogP contribution in [0.15, 0.2) is 41.8 Å². The van der Waals surface area contributed by atoms with E-state index in [1.165, 1.54) is 0 Å². The van der Waals surface area contributed by atoms with E-state index >= 15 is 0 Å². The van der Waals surface area contributed by atoms with Crippen molar-refractivity contribution < 1.29 is 9.53 Å². The molecule has 1 aromatic heterocycles. The van der Waals surface area contributed by atoms with E-state index in [1.54, 1.807) is 17.4 Å². The molecule has 1 aromatic carbocycles. The molecule has 2 nitrogen and oxygen atoms in total. The second-order valence-electron chi connectivity index (χ2n) is 3.46. The summed E-state index contributed by atoms with van der Waals surface area (Å²) in [7, 11) is 0. The molecule has 0 saturated carbocycles. The van der Waals surface area contributed by atoms with Gasteiger partial charge in [0.15, 0.2) is 0 Å². The fraction of sp³-hybridized carbons (Fsp3) is 0. The Labute approximate surface area is 96.8 Å². The lowest BCUT2D eigenvalue weighted by atomic mass is 10.1. The van der Waals surface area contributed by atoms with Gasteiger partial charge in [0.25, 0.3) is 0 Å². The molecule has 2 aromatic rings. The Morgan fingerprint density at radius 3 is 2.62 bits per heavy atom. The van der Waals surface area contributed by atoms with Crippen LogP contribution in [0.5, 0.6) is 0 Å². The van der Waals surface area contributed by atoms with Gasteiger partial charge in [-0.1, -0.05) is 24.3 Å². The molecule has 0 radical (unpaired) electrons. The first-order chi connectivity index (χ1) is 7.84. The third-order valence-corrected chi connectivity index (χ3v) is 3.25. The van der Waals surface area contributed by atoms with E-state index in [4.69, 9.17) is 4.74 Å². The van der Waals surface area contributed by atoms with Crippen LogP contribution in [0.4, 0.5) is 0 Å². The molecule has 0 spiro atoms. The van der Waals surface area contributed by atoms with Crippen molar-refractivity contribution in [2.45, 2.75) is 0 Å². The topological polar surface area (TPSA) is 26.3 Å². The molecule has 2 heterocycles. The van der Waals surface area contributed by atoms with Crippen molar-refractivity contribution >= 4 is 29.1 Å². The number of cyclic esters (lactones) is 1. The largest absolute Gasteiger partial charge is 0.422 e. The van der Waals surface area contributed by atoms with Gasteiger partial charge in [-0.25, -0.2) is 4.79 Å². The number of esters is 1. The monoisotopic (exact) mass is 228 g/mol. The first-order valence-corrected chi connectivity index (χ1v) is 5.79. The molecule has 0 amide bonds. The molecule has 16 heavy (non-hydrogen) atoms. The van der Waals surface area contributed by atoms with E-state index < -0.39 is 0 Å². The van der Waals surface area contributed by atoms with Gasteiger partial charge >= 0.3 is 5.97 Å². The predicted molar refractivity (Wildman–Crippen MR) is 64.0 cm³/mol. The quantitative estimate of drug-likeness (QED) is 0.699. The maximum Gasteiger partial charge on any atom is 0.344 e. The maximum atomic E-state index is 11.5. The SMILES string of the molecule is O=C1O/C(=C/c2cccs2)c2ccccc21. The van der Waals surface area contributed by atoms with Crippen LogP contribution in [-0.2, 0) is 4.74 Å². The van der Waals surface area contributed by atoms with Crippen molar-refractivity contribution in [3.63, 3.8) is 0 Å². The molecule has 0 N–H and O–H groups in total. The van der Waals surface area contributed by atoms with E-state index in [0.717, 1.165) is 10.4 Å². The maximum absolute atomic E-state index is 11.5. The molecular formula is C13H8O2S. The molecule has 0 aliphatic carbocycles. The Balaban J connectivity index is 2.10. The molecule has 0 saturated heterocycles. The van der Waals surface area contributed by atoms with Crippen LogP contribution < -0.4 is 0 Å². The summed E-state index contributed by atoms with van der Waals surface area (Å²) in [5.74, 6) is 0.376. The van der Waals surface area contributed by atoms with Gasteiger partial charge in [0.2, 0.25) is 0 Å². The molecule has 3 heteroatoms. The van der Waals surface area contributed by atoms with Crippen molar-refractivity contribution in [3.05, 3.63) is 57.8 Å². The minimum absolute atomic E-state index is 0.265. The first kappa shape index (κ1) is 9.36. The zero-order valence-corrected chi connectivity index (χ0v) is 9.16. The highest BCUT2D eigenvalue weighted by Crippen LogP contribution is 2.31. The molecule has 0 bridgehead atoms. The normalized spacial score (nSPS) is 16.2. The summed E-state index contributed by atoms with van der Waals surface area (Å²) in [4.78, 5) is 12.6. The zero-order valence-electron chi connectivity index (χ0n) is 8.34. The van der Waals surface area contributed by atoms with Crippen LogP contribution in [0, 0.1) is 0 Å². The predicted octanol–water partition coefficient (Wildman–Crippen LogP) is 3.42. The zero-order chi connectivity index (χ0) is 11.0. The van der Waals surface area contributed by atoms with Crippen LogP contribution in [0.2, 0.25) is 0 Å². The number of carbonyl (C=O) groups is 1. The summed E-state index contributed by atoms with van der Waals surface area (Å²) in [6, 6.07) is 11.4. The average molecular weight is 228 g/mol. The molecular weight excluding hydrogens is 220 g/mol. The third kappa shape index (κ3) is 1.46. The highest BCUT2D eigenvalue weighted by Gasteiger charge is 2.25. The number of rotatable bonds is 1. The second-order valence-corrected chi connectivity index (χ2v) is 4.44. The summed E-state index contributed by atoms with van der Waals surface area (Å²) >= 11 is 1.62. The van der Waals surface area contributed by atoms with Crippen LogP contribution in [0.3, 0.4) is 0 Å². The lowest BCUT2D eigenvalue weighted by Crippen LogP contribution is -1.92. The second kappa shape index (κ2) is 3.61. The minimum atomic E-state index is -0.265. The van der Waals surface area contributed by atoms with E-state index in [2.05, 4.69) is 0 Å². The Bertz CT molecular complexity index is 567. The van der Waals surface area contributed by atoms with Gasteiger partial charge in [0.05, 0.1) is 5.56 Å². The molecule has 0 fully saturated rings. The highest BCUT2D eigenvalue weighted by molar-refractivity contribution is 7.10. The number of hydrogen-bond donors (Lipinski definition) is 0. The molecule has 1 aliphatic rings. The van der Waals surface area contributed by atoms with E-state index in [9.17, 15) is 4.79 Å². The molecule has 3 rings (SSSR count). The van der Waals surface area contributed by atoms with Gasteiger partial charge in [-0.2, -0.15) is 0 Å².